The average Bonchev–Trinajstić information content (AvgIpc) is 3.24. The molecular formula is C18H17N3O4S. The van der Waals surface area contributed by atoms with Gasteiger partial charge in [0.2, 0.25) is 5.91 Å². The number of ketones is 1. The van der Waals surface area contributed by atoms with Gasteiger partial charge in [0.25, 0.3) is 11.1 Å². The van der Waals surface area contributed by atoms with Crippen LogP contribution in [0.15, 0.2) is 50.7 Å². The van der Waals surface area contributed by atoms with Crippen molar-refractivity contribution in [2.45, 2.75) is 25.5 Å². The summed E-state index contributed by atoms with van der Waals surface area (Å²) >= 11 is 1.31. The zero-order valence-electron chi connectivity index (χ0n) is 14.3. The van der Waals surface area contributed by atoms with E-state index in [2.05, 4.69) is 15.5 Å². The lowest BCUT2D eigenvalue weighted by molar-refractivity contribution is -0.115. The molecule has 26 heavy (non-hydrogen) atoms. The molecule has 0 fully saturated rings. The van der Waals surface area contributed by atoms with E-state index < -0.39 is 0 Å². The summed E-state index contributed by atoms with van der Waals surface area (Å²) in [4.78, 5) is 23.2. The summed E-state index contributed by atoms with van der Waals surface area (Å²) in [6.07, 6.45) is 1.86. The number of amides is 1. The molecule has 1 N–H and O–H groups in total. The van der Waals surface area contributed by atoms with Gasteiger partial charge in [-0.3, -0.25) is 9.59 Å². The standard InChI is InChI=1S/C18H17N3O4S/c1-11(22)13-3-5-14(6-4-13)19-16(23)8-10-26-18-21-20-17(25-18)15-7-9-24-12(15)2/h3-7,9H,8,10H2,1-2H3,(H,19,23). The number of thioether (sulfide) groups is 1. The van der Waals surface area contributed by atoms with E-state index in [0.717, 1.165) is 5.56 Å². The number of rotatable bonds is 7. The first kappa shape index (κ1) is 17.9. The lowest BCUT2D eigenvalue weighted by Gasteiger charge is -2.05. The Morgan fingerprint density at radius 2 is 1.92 bits per heavy atom. The molecule has 0 bridgehead atoms. The molecule has 7 nitrogen and oxygen atoms in total. The molecule has 0 unspecified atom stereocenters. The van der Waals surface area contributed by atoms with Gasteiger partial charge in [0.15, 0.2) is 5.78 Å². The predicted octanol–water partition coefficient (Wildman–Crippen LogP) is 3.96. The van der Waals surface area contributed by atoms with E-state index in [0.29, 0.717) is 40.3 Å². The molecule has 0 aliphatic heterocycles. The number of benzene rings is 1. The minimum atomic E-state index is -0.126. The van der Waals surface area contributed by atoms with Gasteiger partial charge in [-0.05, 0) is 44.2 Å². The summed E-state index contributed by atoms with van der Waals surface area (Å²) in [6, 6.07) is 8.55. The third-order valence-electron chi connectivity index (χ3n) is 3.63. The number of Topliss-reactive ketones (excluding diaryl/α,β-unsaturated/α-hetero) is 1. The molecule has 0 aliphatic carbocycles. The summed E-state index contributed by atoms with van der Waals surface area (Å²) in [5, 5.41) is 11.1. The zero-order valence-corrected chi connectivity index (χ0v) is 15.1. The number of aryl methyl sites for hydroxylation is 1. The number of aromatic nitrogens is 2. The van der Waals surface area contributed by atoms with Gasteiger partial charge in [0, 0.05) is 23.4 Å². The number of nitrogens with zero attached hydrogens (tertiary/aromatic N) is 2. The van der Waals surface area contributed by atoms with Crippen molar-refractivity contribution in [3.05, 3.63) is 47.9 Å². The Morgan fingerprint density at radius 3 is 2.58 bits per heavy atom. The maximum absolute atomic E-state index is 12.0. The Labute approximate surface area is 154 Å². The highest BCUT2D eigenvalue weighted by molar-refractivity contribution is 7.99. The van der Waals surface area contributed by atoms with Crippen LogP contribution in [0.5, 0.6) is 0 Å². The van der Waals surface area contributed by atoms with Crippen LogP contribution in [0.3, 0.4) is 0 Å². The van der Waals surface area contributed by atoms with Crippen LogP contribution < -0.4 is 5.32 Å². The Kier molecular flexibility index (Phi) is 5.52. The van der Waals surface area contributed by atoms with Crippen molar-refractivity contribution in [1.82, 2.24) is 10.2 Å². The van der Waals surface area contributed by atoms with Crippen molar-refractivity contribution >= 4 is 29.1 Å². The van der Waals surface area contributed by atoms with Gasteiger partial charge in [-0.15, -0.1) is 10.2 Å². The van der Waals surface area contributed by atoms with E-state index in [4.69, 9.17) is 8.83 Å². The highest BCUT2D eigenvalue weighted by Gasteiger charge is 2.13. The van der Waals surface area contributed by atoms with Crippen molar-refractivity contribution in [1.29, 1.82) is 0 Å². The second-order valence-corrected chi connectivity index (χ2v) is 6.59. The summed E-state index contributed by atoms with van der Waals surface area (Å²) in [6.45, 7) is 3.32. The molecular weight excluding hydrogens is 354 g/mol. The first-order chi connectivity index (χ1) is 12.5. The fourth-order valence-electron chi connectivity index (χ4n) is 2.23. The number of carbonyl (C=O) groups is 2. The maximum atomic E-state index is 12.0. The van der Waals surface area contributed by atoms with Gasteiger partial charge in [-0.25, -0.2) is 0 Å². The van der Waals surface area contributed by atoms with Crippen molar-refractivity contribution in [2.24, 2.45) is 0 Å². The van der Waals surface area contributed by atoms with Crippen LogP contribution in [0.2, 0.25) is 0 Å². The van der Waals surface area contributed by atoms with Crippen LogP contribution >= 0.6 is 11.8 Å². The van der Waals surface area contributed by atoms with Gasteiger partial charge in [0.1, 0.15) is 5.76 Å². The monoisotopic (exact) mass is 371 g/mol. The highest BCUT2D eigenvalue weighted by Crippen LogP contribution is 2.26. The largest absolute Gasteiger partial charge is 0.469 e. The van der Waals surface area contributed by atoms with Crippen LogP contribution in [0, 0.1) is 6.92 Å². The van der Waals surface area contributed by atoms with E-state index in [-0.39, 0.29) is 11.7 Å². The third kappa shape index (κ3) is 4.40. The predicted molar refractivity (Wildman–Crippen MR) is 97.2 cm³/mol. The number of hydrogen-bond donors (Lipinski definition) is 1. The molecule has 0 saturated heterocycles. The van der Waals surface area contributed by atoms with Crippen LogP contribution in [0.25, 0.3) is 11.5 Å². The Bertz CT molecular complexity index is 915. The molecule has 8 heteroatoms. The topological polar surface area (TPSA) is 98.2 Å². The third-order valence-corrected chi connectivity index (χ3v) is 4.45. The molecule has 2 aromatic heterocycles. The van der Waals surface area contributed by atoms with Gasteiger partial charge in [0.05, 0.1) is 11.8 Å². The van der Waals surface area contributed by atoms with Gasteiger partial charge in [-0.1, -0.05) is 11.8 Å². The number of anilines is 1. The first-order valence-electron chi connectivity index (χ1n) is 7.94. The van der Waals surface area contributed by atoms with Crippen molar-refractivity contribution < 1.29 is 18.4 Å². The molecule has 0 aliphatic rings. The molecule has 3 rings (SSSR count). The van der Waals surface area contributed by atoms with Crippen molar-refractivity contribution in [3.8, 4) is 11.5 Å². The van der Waals surface area contributed by atoms with Gasteiger partial charge >= 0.3 is 0 Å². The Morgan fingerprint density at radius 1 is 1.15 bits per heavy atom. The summed E-state index contributed by atoms with van der Waals surface area (Å²) in [7, 11) is 0. The van der Waals surface area contributed by atoms with Crippen LogP contribution in [-0.4, -0.2) is 27.6 Å². The van der Waals surface area contributed by atoms with Crippen molar-refractivity contribution in [3.63, 3.8) is 0 Å². The number of carbonyl (C=O) groups excluding carboxylic acids is 2. The lowest BCUT2D eigenvalue weighted by Crippen LogP contribution is -2.12. The molecule has 0 spiro atoms. The number of furan rings is 1. The van der Waals surface area contributed by atoms with Gasteiger partial charge in [-0.2, -0.15) is 0 Å². The minimum absolute atomic E-state index is 0.0104. The summed E-state index contributed by atoms with van der Waals surface area (Å²) in [5.74, 6) is 1.47. The molecule has 0 saturated carbocycles. The van der Waals surface area contributed by atoms with Gasteiger partial charge < -0.3 is 14.2 Å². The fraction of sp³-hybridized carbons (Fsp3) is 0.222. The number of nitrogens with one attached hydrogen (secondary N) is 1. The minimum Gasteiger partial charge on any atom is -0.469 e. The number of hydrogen-bond acceptors (Lipinski definition) is 7. The quantitative estimate of drug-likeness (QED) is 0.496. The normalized spacial score (nSPS) is 10.7. The molecule has 2 heterocycles. The molecule has 3 aromatic rings. The van der Waals surface area contributed by atoms with Crippen LogP contribution in [-0.2, 0) is 4.79 Å². The van der Waals surface area contributed by atoms with E-state index in [1.165, 1.54) is 18.7 Å². The zero-order chi connectivity index (χ0) is 18.5. The lowest BCUT2D eigenvalue weighted by atomic mass is 10.1. The molecule has 0 radical (unpaired) electrons. The summed E-state index contributed by atoms with van der Waals surface area (Å²) in [5.41, 5.74) is 2.02. The van der Waals surface area contributed by atoms with E-state index >= 15 is 0 Å². The van der Waals surface area contributed by atoms with E-state index in [9.17, 15) is 9.59 Å². The Balaban J connectivity index is 1.47. The smallest absolute Gasteiger partial charge is 0.276 e. The molecule has 1 amide bonds. The first-order valence-corrected chi connectivity index (χ1v) is 8.93. The summed E-state index contributed by atoms with van der Waals surface area (Å²) < 4.78 is 10.8. The molecule has 134 valence electrons. The van der Waals surface area contributed by atoms with Crippen LogP contribution in [0.1, 0.15) is 29.5 Å². The molecule has 0 atom stereocenters. The second-order valence-electron chi connectivity index (χ2n) is 5.54. The SMILES string of the molecule is CC(=O)c1ccc(NC(=O)CCSc2nnc(-c3ccoc3C)o2)cc1. The fourth-order valence-corrected chi connectivity index (χ4v) is 2.93. The van der Waals surface area contributed by atoms with E-state index in [1.54, 1.807) is 36.6 Å². The molecule has 1 aromatic carbocycles. The highest BCUT2D eigenvalue weighted by atomic mass is 32.2. The van der Waals surface area contributed by atoms with E-state index in [1.807, 2.05) is 6.92 Å². The van der Waals surface area contributed by atoms with Crippen LogP contribution in [0.4, 0.5) is 5.69 Å². The second kappa shape index (κ2) is 8.01. The average molecular weight is 371 g/mol. The van der Waals surface area contributed by atoms with Crippen molar-refractivity contribution in [2.75, 3.05) is 11.1 Å². The Hall–Kier alpha value is -2.87. The maximum Gasteiger partial charge on any atom is 0.276 e.